The lowest BCUT2D eigenvalue weighted by Crippen LogP contribution is -2.23. The first-order valence-corrected chi connectivity index (χ1v) is 7.99. The summed E-state index contributed by atoms with van der Waals surface area (Å²) in [5.41, 5.74) is 5.15. The summed E-state index contributed by atoms with van der Waals surface area (Å²) in [4.78, 5) is 15.3. The molecule has 0 aliphatic rings. The number of fused-ring (bicyclic) bond motifs is 1. The summed E-state index contributed by atoms with van der Waals surface area (Å²) in [5, 5.41) is 11.2. The van der Waals surface area contributed by atoms with Crippen molar-refractivity contribution in [3.05, 3.63) is 46.9 Å². The van der Waals surface area contributed by atoms with Gasteiger partial charge in [-0.1, -0.05) is 0 Å². The van der Waals surface area contributed by atoms with Gasteiger partial charge in [0.1, 0.15) is 5.75 Å². The molecule has 0 aliphatic heterocycles. The van der Waals surface area contributed by atoms with Crippen molar-refractivity contribution in [2.24, 2.45) is 0 Å². The van der Waals surface area contributed by atoms with Gasteiger partial charge in [0.15, 0.2) is 0 Å². The molecule has 0 unspecified atom stereocenters. The number of hydrogen-bond acceptors (Lipinski definition) is 3. The number of H-pyrrole nitrogens is 2. The number of methoxy groups -OCH3 is 1. The summed E-state index contributed by atoms with van der Waals surface area (Å²) in [6, 6.07) is 7.89. The van der Waals surface area contributed by atoms with Crippen molar-refractivity contribution < 1.29 is 9.53 Å². The Kier molecular flexibility index (Phi) is 4.55. The topological polar surface area (TPSA) is 82.8 Å². The van der Waals surface area contributed by atoms with Gasteiger partial charge in [-0.2, -0.15) is 5.10 Å². The van der Waals surface area contributed by atoms with E-state index in [0.29, 0.717) is 19.4 Å². The summed E-state index contributed by atoms with van der Waals surface area (Å²) >= 11 is 0. The maximum atomic E-state index is 12.0. The minimum absolute atomic E-state index is 0.0197. The van der Waals surface area contributed by atoms with Gasteiger partial charge in [-0.25, -0.2) is 0 Å². The van der Waals surface area contributed by atoms with Crippen molar-refractivity contribution in [3.63, 3.8) is 0 Å². The van der Waals surface area contributed by atoms with Crippen LogP contribution in [0.5, 0.6) is 5.75 Å². The van der Waals surface area contributed by atoms with Crippen LogP contribution >= 0.6 is 0 Å². The van der Waals surface area contributed by atoms with E-state index < -0.39 is 0 Å². The van der Waals surface area contributed by atoms with Gasteiger partial charge in [0.2, 0.25) is 5.91 Å². The molecule has 0 aliphatic carbocycles. The number of carbonyl (C=O) groups is 1. The van der Waals surface area contributed by atoms with Crippen molar-refractivity contribution >= 4 is 16.8 Å². The van der Waals surface area contributed by atoms with Gasteiger partial charge < -0.3 is 15.0 Å². The number of amides is 1. The summed E-state index contributed by atoms with van der Waals surface area (Å²) in [6.45, 7) is 4.48. The number of carbonyl (C=O) groups excluding carboxylic acids is 1. The quantitative estimate of drug-likeness (QED) is 0.651. The highest BCUT2D eigenvalue weighted by atomic mass is 16.5. The fourth-order valence-electron chi connectivity index (χ4n) is 2.69. The molecule has 3 N–H and O–H groups in total. The van der Waals surface area contributed by atoms with Crippen molar-refractivity contribution in [2.45, 2.75) is 33.2 Å². The molecule has 24 heavy (non-hydrogen) atoms. The Labute approximate surface area is 140 Å². The number of benzene rings is 1. The predicted octanol–water partition coefficient (Wildman–Crippen LogP) is 2.77. The molecule has 0 saturated carbocycles. The molecule has 3 aromatic rings. The molecule has 0 atom stereocenters. The number of hydrogen-bond donors (Lipinski definition) is 3. The van der Waals surface area contributed by atoms with Crippen LogP contribution < -0.4 is 10.1 Å². The van der Waals surface area contributed by atoms with Crippen LogP contribution in [0.3, 0.4) is 0 Å². The Morgan fingerprint density at radius 1 is 1.29 bits per heavy atom. The molecule has 6 heteroatoms. The molecular formula is C18H22N4O2. The van der Waals surface area contributed by atoms with Gasteiger partial charge in [0, 0.05) is 35.1 Å². The average Bonchev–Trinajstić information content (AvgIpc) is 3.14. The van der Waals surface area contributed by atoms with Crippen LogP contribution in [0.25, 0.3) is 10.9 Å². The van der Waals surface area contributed by atoms with E-state index in [1.54, 1.807) is 7.11 Å². The normalized spacial score (nSPS) is 11.0. The van der Waals surface area contributed by atoms with Crippen LogP contribution in [0.2, 0.25) is 0 Å². The zero-order valence-corrected chi connectivity index (χ0v) is 14.2. The first-order valence-electron chi connectivity index (χ1n) is 7.99. The molecule has 2 heterocycles. The molecule has 1 amide bonds. The first kappa shape index (κ1) is 16.1. The van der Waals surface area contributed by atoms with E-state index in [4.69, 9.17) is 4.74 Å². The molecule has 2 aromatic heterocycles. The molecule has 0 saturated heterocycles. The lowest BCUT2D eigenvalue weighted by Gasteiger charge is -2.03. The van der Waals surface area contributed by atoms with E-state index in [0.717, 1.165) is 39.3 Å². The largest absolute Gasteiger partial charge is 0.497 e. The van der Waals surface area contributed by atoms with Gasteiger partial charge in [-0.15, -0.1) is 0 Å². The lowest BCUT2D eigenvalue weighted by molar-refractivity contribution is -0.121. The fourth-order valence-corrected chi connectivity index (χ4v) is 2.69. The fraction of sp³-hybridized carbons (Fsp3) is 0.333. The average molecular weight is 326 g/mol. The second kappa shape index (κ2) is 6.78. The van der Waals surface area contributed by atoms with Gasteiger partial charge in [-0.3, -0.25) is 9.89 Å². The Morgan fingerprint density at radius 2 is 2.12 bits per heavy atom. The third-order valence-electron chi connectivity index (χ3n) is 4.30. The highest BCUT2D eigenvalue weighted by molar-refractivity contribution is 5.82. The Bertz CT molecular complexity index is 863. The van der Waals surface area contributed by atoms with Crippen LogP contribution in [0, 0.1) is 13.8 Å². The smallest absolute Gasteiger partial charge is 0.220 e. The second-order valence-electron chi connectivity index (χ2n) is 5.94. The van der Waals surface area contributed by atoms with Gasteiger partial charge in [0.25, 0.3) is 0 Å². The molecule has 0 radical (unpaired) electrons. The summed E-state index contributed by atoms with van der Waals surface area (Å²) in [5.74, 6) is 0.841. The maximum absolute atomic E-state index is 12.0. The minimum atomic E-state index is 0.0197. The van der Waals surface area contributed by atoms with Gasteiger partial charge >= 0.3 is 0 Å². The SMILES string of the molecule is COc1ccc2[nH]c(CNC(=O)CCc3n[nH]c(C)c3C)cc2c1. The van der Waals surface area contributed by atoms with Crippen LogP contribution in [0.1, 0.15) is 29.1 Å². The van der Waals surface area contributed by atoms with E-state index in [1.807, 2.05) is 38.1 Å². The zero-order chi connectivity index (χ0) is 17.1. The monoisotopic (exact) mass is 326 g/mol. The van der Waals surface area contributed by atoms with E-state index in [9.17, 15) is 4.79 Å². The van der Waals surface area contributed by atoms with E-state index >= 15 is 0 Å². The lowest BCUT2D eigenvalue weighted by atomic mass is 10.1. The van der Waals surface area contributed by atoms with E-state index in [-0.39, 0.29) is 5.91 Å². The molecular weight excluding hydrogens is 304 g/mol. The van der Waals surface area contributed by atoms with E-state index in [1.165, 1.54) is 0 Å². The number of ether oxygens (including phenoxy) is 1. The number of nitrogens with one attached hydrogen (secondary N) is 3. The Balaban J connectivity index is 1.55. The molecule has 0 spiro atoms. The molecule has 6 nitrogen and oxygen atoms in total. The van der Waals surface area contributed by atoms with Crippen LogP contribution in [0.15, 0.2) is 24.3 Å². The number of aryl methyl sites for hydroxylation is 2. The molecule has 0 fully saturated rings. The molecule has 1 aromatic carbocycles. The molecule has 126 valence electrons. The van der Waals surface area contributed by atoms with E-state index in [2.05, 4.69) is 20.5 Å². The van der Waals surface area contributed by atoms with Crippen molar-refractivity contribution in [3.8, 4) is 5.75 Å². The van der Waals surface area contributed by atoms with Crippen molar-refractivity contribution in [2.75, 3.05) is 7.11 Å². The van der Waals surface area contributed by atoms with Crippen LogP contribution in [-0.4, -0.2) is 28.2 Å². The zero-order valence-electron chi connectivity index (χ0n) is 14.2. The number of aromatic nitrogens is 3. The third kappa shape index (κ3) is 3.42. The maximum Gasteiger partial charge on any atom is 0.220 e. The predicted molar refractivity (Wildman–Crippen MR) is 93.1 cm³/mol. The summed E-state index contributed by atoms with van der Waals surface area (Å²) in [6.07, 6.45) is 1.07. The van der Waals surface area contributed by atoms with Gasteiger partial charge in [-0.05, 0) is 43.7 Å². The summed E-state index contributed by atoms with van der Waals surface area (Å²) in [7, 11) is 1.65. The standard InChI is InChI=1S/C18H22N4O2/c1-11-12(2)21-22-16(11)6-7-18(23)19-10-14-8-13-9-15(24-3)4-5-17(13)20-14/h4-5,8-9,20H,6-7,10H2,1-3H3,(H,19,23)(H,21,22). The van der Waals surface area contributed by atoms with Crippen molar-refractivity contribution in [1.29, 1.82) is 0 Å². The Hall–Kier alpha value is -2.76. The van der Waals surface area contributed by atoms with Crippen LogP contribution in [0.4, 0.5) is 0 Å². The number of rotatable bonds is 6. The second-order valence-corrected chi connectivity index (χ2v) is 5.94. The van der Waals surface area contributed by atoms with Crippen LogP contribution in [-0.2, 0) is 17.8 Å². The number of nitrogens with zero attached hydrogens (tertiary/aromatic N) is 1. The molecule has 3 rings (SSSR count). The highest BCUT2D eigenvalue weighted by Gasteiger charge is 2.09. The third-order valence-corrected chi connectivity index (χ3v) is 4.30. The highest BCUT2D eigenvalue weighted by Crippen LogP contribution is 2.21. The summed E-state index contributed by atoms with van der Waals surface area (Å²) < 4.78 is 5.22. The van der Waals surface area contributed by atoms with Gasteiger partial charge in [0.05, 0.1) is 19.3 Å². The molecule has 0 bridgehead atoms. The Morgan fingerprint density at radius 3 is 2.83 bits per heavy atom. The number of aromatic amines is 2. The van der Waals surface area contributed by atoms with Crippen molar-refractivity contribution in [1.82, 2.24) is 20.5 Å². The first-order chi connectivity index (χ1) is 11.6. The minimum Gasteiger partial charge on any atom is -0.497 e.